The zero-order valence-electron chi connectivity index (χ0n) is 6.94. The number of hydrogen-bond acceptors (Lipinski definition) is 5. The summed E-state index contributed by atoms with van der Waals surface area (Å²) in [6.07, 6.45) is 0. The molecule has 84 valence electrons. The van der Waals surface area contributed by atoms with Crippen molar-refractivity contribution in [1.29, 1.82) is 0 Å². The molecule has 0 aromatic heterocycles. The monoisotopic (exact) mass is 221 g/mol. The van der Waals surface area contributed by atoms with Crippen molar-refractivity contribution in [1.82, 2.24) is 0 Å². The average Bonchev–Trinajstić information content (AvgIpc) is 2.01. The van der Waals surface area contributed by atoms with Gasteiger partial charge in [0.1, 0.15) is 0 Å². The van der Waals surface area contributed by atoms with Crippen LogP contribution < -0.4 is 5.73 Å². The summed E-state index contributed by atoms with van der Waals surface area (Å²) in [5.74, 6) is 0. The number of nitrogens with two attached hydrogens (primary N) is 1. The lowest BCUT2D eigenvalue weighted by molar-refractivity contribution is 0.186. The summed E-state index contributed by atoms with van der Waals surface area (Å²) in [5.41, 5.74) is 4.78. The van der Waals surface area contributed by atoms with Crippen molar-refractivity contribution in [2.75, 3.05) is 26.4 Å². The molecule has 0 bridgehead atoms. The Morgan fingerprint density at radius 1 is 0.923 bits per heavy atom. The van der Waals surface area contributed by atoms with Crippen molar-refractivity contribution in [3.63, 3.8) is 0 Å². The van der Waals surface area contributed by atoms with Crippen LogP contribution in [0, 0.1) is 0 Å². The van der Waals surface area contributed by atoms with E-state index in [-0.39, 0.29) is 19.8 Å². The van der Waals surface area contributed by atoms with Crippen LogP contribution in [0.5, 0.6) is 0 Å². The van der Waals surface area contributed by atoms with Crippen molar-refractivity contribution in [3.8, 4) is 0 Å². The van der Waals surface area contributed by atoms with Crippen LogP contribution in [0.1, 0.15) is 0 Å². The predicted octanol–water partition coefficient (Wildman–Crippen LogP) is -3.02. The molecule has 0 unspecified atom stereocenters. The van der Waals surface area contributed by atoms with E-state index in [2.05, 4.69) is 0 Å². The van der Waals surface area contributed by atoms with Crippen LogP contribution in [0.2, 0.25) is 0 Å². The Morgan fingerprint density at radius 3 is 1.08 bits per heavy atom. The van der Waals surface area contributed by atoms with E-state index in [4.69, 9.17) is 40.3 Å². The number of rotatable bonds is 2. The van der Waals surface area contributed by atoms with Gasteiger partial charge in [-0.1, -0.05) is 0 Å². The van der Waals surface area contributed by atoms with E-state index in [1.54, 1.807) is 0 Å². The Hall–Kier alpha value is -0.0500. The largest absolute Gasteiger partial charge is 0.466 e. The van der Waals surface area contributed by atoms with Gasteiger partial charge in [0.2, 0.25) is 0 Å². The normalized spacial score (nSPS) is 9.15. The molecule has 0 saturated heterocycles. The first kappa shape index (κ1) is 18.7. The molecule has 0 radical (unpaired) electrons. The lowest BCUT2D eigenvalue weighted by Crippen LogP contribution is -2.02. The highest BCUT2D eigenvalue weighted by atomic mass is 31.2. The van der Waals surface area contributed by atoms with Gasteiger partial charge in [-0.3, -0.25) is 0 Å². The molecular formula is C4H16NO7P. The van der Waals surface area contributed by atoms with E-state index in [0.29, 0.717) is 6.54 Å². The third-order valence-corrected chi connectivity index (χ3v) is 0.229. The molecule has 0 atom stereocenters. The van der Waals surface area contributed by atoms with Crippen LogP contribution in [-0.2, 0) is 4.57 Å². The topological polar surface area (TPSA) is 164 Å². The van der Waals surface area contributed by atoms with Gasteiger partial charge in [-0.2, -0.15) is 0 Å². The Balaban J connectivity index is -0.000000117. The third kappa shape index (κ3) is 311. The van der Waals surface area contributed by atoms with Gasteiger partial charge in [0.05, 0.1) is 19.8 Å². The van der Waals surface area contributed by atoms with Crippen LogP contribution in [0.25, 0.3) is 0 Å². The van der Waals surface area contributed by atoms with Gasteiger partial charge in [0.25, 0.3) is 0 Å². The summed E-state index contributed by atoms with van der Waals surface area (Å²) < 4.78 is 8.88. The summed E-state index contributed by atoms with van der Waals surface area (Å²) in [4.78, 5) is 21.6. The first-order valence-corrected chi connectivity index (χ1v) is 4.70. The van der Waals surface area contributed by atoms with E-state index in [1.165, 1.54) is 0 Å². The van der Waals surface area contributed by atoms with Crippen LogP contribution in [0.4, 0.5) is 0 Å². The van der Waals surface area contributed by atoms with Gasteiger partial charge in [0.15, 0.2) is 0 Å². The predicted molar refractivity (Wildman–Crippen MR) is 44.6 cm³/mol. The molecule has 9 heteroatoms. The minimum absolute atomic E-state index is 0.0972. The first-order valence-electron chi connectivity index (χ1n) is 3.14. The molecule has 0 rings (SSSR count). The molecule has 0 fully saturated rings. The maximum atomic E-state index is 8.88. The molecule has 0 aliphatic rings. The second-order valence-corrected chi connectivity index (χ2v) is 2.50. The van der Waals surface area contributed by atoms with E-state index in [0.717, 1.165) is 0 Å². The maximum Gasteiger partial charge on any atom is 0.466 e. The number of aliphatic hydroxyl groups excluding tert-OH is 3. The second kappa shape index (κ2) is 14.5. The Kier molecular flexibility index (Phi) is 20.8. The van der Waals surface area contributed by atoms with Gasteiger partial charge in [-0.25, -0.2) is 4.57 Å². The van der Waals surface area contributed by atoms with Crippen LogP contribution >= 0.6 is 7.82 Å². The molecule has 0 spiro atoms. The summed E-state index contributed by atoms with van der Waals surface area (Å²) in [6, 6.07) is 0. The van der Waals surface area contributed by atoms with Gasteiger partial charge in [-0.15, -0.1) is 0 Å². The summed E-state index contributed by atoms with van der Waals surface area (Å²) in [7, 11) is -4.64. The molecule has 8 N–H and O–H groups in total. The average molecular weight is 221 g/mol. The highest BCUT2D eigenvalue weighted by Crippen LogP contribution is 2.25. The summed E-state index contributed by atoms with van der Waals surface area (Å²) in [5, 5.41) is 23.0. The Bertz CT molecular complexity index is 98.8. The van der Waals surface area contributed by atoms with Crippen LogP contribution in [0.3, 0.4) is 0 Å². The van der Waals surface area contributed by atoms with Gasteiger partial charge in [-0.05, 0) is 0 Å². The quantitative estimate of drug-likeness (QED) is 0.242. The van der Waals surface area contributed by atoms with Gasteiger partial charge in [0, 0.05) is 6.54 Å². The molecule has 13 heavy (non-hydrogen) atoms. The third-order valence-electron chi connectivity index (χ3n) is 0.229. The fraction of sp³-hybridized carbons (Fsp3) is 1.00. The number of hydrogen-bond donors (Lipinski definition) is 7. The van der Waals surface area contributed by atoms with E-state index >= 15 is 0 Å². The Morgan fingerprint density at radius 2 is 1.08 bits per heavy atom. The van der Waals surface area contributed by atoms with Crippen molar-refractivity contribution < 1.29 is 34.6 Å². The maximum absolute atomic E-state index is 8.88. The minimum atomic E-state index is -4.64. The number of phosphoric acid groups is 1. The highest BCUT2D eigenvalue weighted by molar-refractivity contribution is 7.45. The smallest absolute Gasteiger partial charge is 0.395 e. The molecule has 0 aliphatic carbocycles. The zero-order valence-corrected chi connectivity index (χ0v) is 7.84. The SMILES string of the molecule is NCCO.O=P(O)(O)O.OCCO. The summed E-state index contributed by atoms with van der Waals surface area (Å²) in [6.45, 7) is 0.222. The molecular weight excluding hydrogens is 205 g/mol. The fourth-order valence-corrected chi connectivity index (χ4v) is 0. The molecule has 0 aliphatic heterocycles. The van der Waals surface area contributed by atoms with Crippen LogP contribution in [-0.4, -0.2) is 56.4 Å². The molecule has 0 aromatic rings. The fourth-order valence-electron chi connectivity index (χ4n) is 0. The van der Waals surface area contributed by atoms with Gasteiger partial charge < -0.3 is 35.7 Å². The molecule has 0 heterocycles. The first-order chi connectivity index (χ1) is 5.83. The Labute approximate surface area is 75.5 Å². The summed E-state index contributed by atoms with van der Waals surface area (Å²) >= 11 is 0. The number of aliphatic hydroxyl groups is 3. The second-order valence-electron chi connectivity index (χ2n) is 1.47. The zero-order chi connectivity index (χ0) is 11.3. The van der Waals surface area contributed by atoms with E-state index < -0.39 is 7.82 Å². The lowest BCUT2D eigenvalue weighted by atomic mass is 10.8. The lowest BCUT2D eigenvalue weighted by Gasteiger charge is -1.82. The van der Waals surface area contributed by atoms with E-state index in [1.807, 2.05) is 0 Å². The molecule has 0 amide bonds. The van der Waals surface area contributed by atoms with Crippen molar-refractivity contribution in [2.45, 2.75) is 0 Å². The van der Waals surface area contributed by atoms with Crippen LogP contribution in [0.15, 0.2) is 0 Å². The highest BCUT2D eigenvalue weighted by Gasteiger charge is 2.00. The van der Waals surface area contributed by atoms with Crippen molar-refractivity contribution in [2.24, 2.45) is 5.73 Å². The molecule has 0 saturated carbocycles. The van der Waals surface area contributed by atoms with E-state index in [9.17, 15) is 0 Å². The molecule has 8 nitrogen and oxygen atoms in total. The minimum Gasteiger partial charge on any atom is -0.395 e. The van der Waals surface area contributed by atoms with Gasteiger partial charge >= 0.3 is 7.82 Å². The standard InChI is InChI=1S/C2H7NO.C2H6O2.H3O4P/c2*3-1-2-4;1-5(2,3)4/h4H,1-3H2;3-4H,1-2H2;(H3,1,2,3,4). The molecule has 0 aromatic carbocycles. The van der Waals surface area contributed by atoms with Crippen molar-refractivity contribution in [3.05, 3.63) is 0 Å². The van der Waals surface area contributed by atoms with Crippen molar-refractivity contribution >= 4 is 7.82 Å².